The lowest BCUT2D eigenvalue weighted by Gasteiger charge is -2.07. The summed E-state index contributed by atoms with van der Waals surface area (Å²) in [6.45, 7) is 1.89. The Morgan fingerprint density at radius 1 is 1.04 bits per heavy atom. The first-order chi connectivity index (χ1) is 12.6. The van der Waals surface area contributed by atoms with E-state index >= 15 is 0 Å². The van der Waals surface area contributed by atoms with Gasteiger partial charge in [0, 0.05) is 9.86 Å². The molecule has 0 bridgehead atoms. The fraction of sp³-hybridized carbons (Fsp3) is 0.0952. The Morgan fingerprint density at radius 3 is 2.50 bits per heavy atom. The molecule has 0 saturated carbocycles. The number of hydrogen-bond acceptors (Lipinski definition) is 4. The van der Waals surface area contributed by atoms with Crippen LogP contribution in [0.4, 0.5) is 0 Å². The summed E-state index contributed by atoms with van der Waals surface area (Å²) in [5.74, 6) is -1.12. The van der Waals surface area contributed by atoms with Gasteiger partial charge in [0.05, 0.1) is 12.1 Å². The van der Waals surface area contributed by atoms with Crippen molar-refractivity contribution in [3.05, 3.63) is 82.0 Å². The largest absolute Gasteiger partial charge is 0.462 e. The number of fused-ring (bicyclic) bond motifs is 1. The van der Waals surface area contributed by atoms with Crippen LogP contribution in [0.15, 0.2) is 70.7 Å². The molecule has 0 saturated heterocycles. The van der Waals surface area contributed by atoms with Crippen LogP contribution >= 0.6 is 15.9 Å². The molecule has 0 unspecified atom stereocenters. The van der Waals surface area contributed by atoms with Gasteiger partial charge in [0.25, 0.3) is 0 Å². The summed E-state index contributed by atoms with van der Waals surface area (Å²) in [5.41, 5.74) is 1.59. The molecule has 3 rings (SSSR count). The van der Waals surface area contributed by atoms with E-state index in [1.165, 1.54) is 6.08 Å². The molecule has 0 spiro atoms. The third-order valence-corrected chi connectivity index (χ3v) is 4.28. The third kappa shape index (κ3) is 4.06. The fourth-order valence-corrected chi connectivity index (χ4v) is 2.75. The average molecular weight is 410 g/mol. The molecular weight excluding hydrogens is 394 g/mol. The van der Waals surface area contributed by atoms with E-state index < -0.39 is 11.8 Å². The molecule has 0 aliphatic heterocycles. The minimum Gasteiger partial charge on any atom is -0.462 e. The molecule has 5 heteroatoms. The standard InChI is InChI=1S/C21H16BrNO3/c1-2-26-21(25)17(13-14-7-10-16(22)11-8-14)20(24)19-12-9-15-5-3-4-6-18(15)23-19/h3-13H,2H2,1H3. The van der Waals surface area contributed by atoms with Crippen molar-refractivity contribution in [2.75, 3.05) is 6.61 Å². The van der Waals surface area contributed by atoms with Crippen molar-refractivity contribution >= 4 is 44.7 Å². The molecule has 1 heterocycles. The Kier molecular flexibility index (Phi) is 5.58. The van der Waals surface area contributed by atoms with Crippen molar-refractivity contribution in [2.24, 2.45) is 0 Å². The summed E-state index contributed by atoms with van der Waals surface area (Å²) in [6.07, 6.45) is 1.53. The quantitative estimate of drug-likeness (QED) is 0.199. The maximum absolute atomic E-state index is 12.9. The summed E-state index contributed by atoms with van der Waals surface area (Å²) in [4.78, 5) is 29.7. The Morgan fingerprint density at radius 2 is 1.77 bits per heavy atom. The molecule has 0 atom stereocenters. The van der Waals surface area contributed by atoms with Crippen molar-refractivity contribution in [1.29, 1.82) is 0 Å². The summed E-state index contributed by atoms with van der Waals surface area (Å²) < 4.78 is 5.98. The van der Waals surface area contributed by atoms with Crippen molar-refractivity contribution in [1.82, 2.24) is 4.98 Å². The van der Waals surface area contributed by atoms with Crippen molar-refractivity contribution in [2.45, 2.75) is 6.92 Å². The molecule has 0 fully saturated rings. The average Bonchev–Trinajstić information content (AvgIpc) is 2.66. The third-order valence-electron chi connectivity index (χ3n) is 3.75. The number of halogens is 1. The molecule has 2 aromatic carbocycles. The van der Waals surface area contributed by atoms with Crippen LogP contribution in [0, 0.1) is 0 Å². The van der Waals surface area contributed by atoms with Crippen molar-refractivity contribution in [3.8, 4) is 0 Å². The van der Waals surface area contributed by atoms with Crippen LogP contribution in [0.3, 0.4) is 0 Å². The molecule has 4 nitrogen and oxygen atoms in total. The minimum atomic E-state index is -0.657. The van der Waals surface area contributed by atoms with Crippen LogP contribution in [-0.4, -0.2) is 23.3 Å². The van der Waals surface area contributed by atoms with E-state index in [4.69, 9.17) is 4.74 Å². The Balaban J connectivity index is 2.03. The highest BCUT2D eigenvalue weighted by molar-refractivity contribution is 9.10. The van der Waals surface area contributed by atoms with Crippen molar-refractivity contribution < 1.29 is 14.3 Å². The van der Waals surface area contributed by atoms with E-state index in [0.717, 1.165) is 15.4 Å². The number of ketones is 1. The molecule has 26 heavy (non-hydrogen) atoms. The molecule has 3 aromatic rings. The molecule has 130 valence electrons. The van der Waals surface area contributed by atoms with E-state index in [9.17, 15) is 9.59 Å². The first kappa shape index (κ1) is 18.0. The van der Waals surface area contributed by atoms with Gasteiger partial charge in [0.2, 0.25) is 5.78 Å². The number of esters is 1. The predicted octanol–water partition coefficient (Wildman–Crippen LogP) is 4.83. The second kappa shape index (κ2) is 8.06. The first-order valence-corrected chi connectivity index (χ1v) is 8.92. The topological polar surface area (TPSA) is 56.3 Å². The van der Waals surface area contributed by atoms with Crippen LogP contribution in [0.2, 0.25) is 0 Å². The zero-order chi connectivity index (χ0) is 18.5. The van der Waals surface area contributed by atoms with E-state index in [1.807, 2.05) is 54.6 Å². The lowest BCUT2D eigenvalue weighted by Crippen LogP contribution is -2.17. The van der Waals surface area contributed by atoms with Gasteiger partial charge < -0.3 is 4.74 Å². The summed E-state index contributed by atoms with van der Waals surface area (Å²) in [6, 6.07) is 18.2. The van der Waals surface area contributed by atoms with Gasteiger partial charge in [-0.2, -0.15) is 0 Å². The number of Topliss-reactive ketones (excluding diaryl/α,β-unsaturated/α-hetero) is 1. The zero-order valence-electron chi connectivity index (χ0n) is 14.1. The molecule has 0 radical (unpaired) electrons. The van der Waals surface area contributed by atoms with Crippen LogP contribution in [0.25, 0.3) is 17.0 Å². The predicted molar refractivity (Wildman–Crippen MR) is 105 cm³/mol. The van der Waals surface area contributed by atoms with E-state index in [-0.39, 0.29) is 17.9 Å². The SMILES string of the molecule is CCOC(=O)C(=Cc1ccc(Br)cc1)C(=O)c1ccc2ccccc2n1. The van der Waals surface area contributed by atoms with Crippen molar-refractivity contribution in [3.63, 3.8) is 0 Å². The highest BCUT2D eigenvalue weighted by Crippen LogP contribution is 2.18. The molecule has 0 aliphatic rings. The number of aromatic nitrogens is 1. The normalized spacial score (nSPS) is 11.4. The molecule has 0 aliphatic carbocycles. The number of hydrogen-bond donors (Lipinski definition) is 0. The number of carbonyl (C=O) groups is 2. The van der Waals surface area contributed by atoms with E-state index in [1.54, 1.807) is 13.0 Å². The maximum Gasteiger partial charge on any atom is 0.342 e. The van der Waals surface area contributed by atoms with Crippen LogP contribution in [0.1, 0.15) is 23.0 Å². The lowest BCUT2D eigenvalue weighted by atomic mass is 10.0. The number of para-hydroxylation sites is 1. The van der Waals surface area contributed by atoms with Gasteiger partial charge in [0.1, 0.15) is 11.3 Å². The molecule has 1 aromatic heterocycles. The number of ether oxygens (including phenoxy) is 1. The van der Waals surface area contributed by atoms with E-state index in [2.05, 4.69) is 20.9 Å². The number of pyridine rings is 1. The molecular formula is C21H16BrNO3. The van der Waals surface area contributed by atoms with Gasteiger partial charge in [-0.3, -0.25) is 4.79 Å². The smallest absolute Gasteiger partial charge is 0.342 e. The minimum absolute atomic E-state index is 0.0445. The number of carbonyl (C=O) groups excluding carboxylic acids is 2. The van der Waals surface area contributed by atoms with Crippen LogP contribution in [0.5, 0.6) is 0 Å². The fourth-order valence-electron chi connectivity index (χ4n) is 2.48. The van der Waals surface area contributed by atoms with Crippen LogP contribution in [-0.2, 0) is 9.53 Å². The van der Waals surface area contributed by atoms with Gasteiger partial charge in [0.15, 0.2) is 0 Å². The number of benzene rings is 2. The second-order valence-electron chi connectivity index (χ2n) is 5.55. The number of nitrogens with zero attached hydrogens (tertiary/aromatic N) is 1. The summed E-state index contributed by atoms with van der Waals surface area (Å²) in [7, 11) is 0. The number of rotatable bonds is 5. The maximum atomic E-state index is 12.9. The van der Waals surface area contributed by atoms with Gasteiger partial charge in [-0.1, -0.05) is 52.3 Å². The molecule has 0 N–H and O–H groups in total. The van der Waals surface area contributed by atoms with Gasteiger partial charge >= 0.3 is 5.97 Å². The first-order valence-electron chi connectivity index (χ1n) is 8.13. The molecule has 0 amide bonds. The Hall–Kier alpha value is -2.79. The van der Waals surface area contributed by atoms with Crippen LogP contribution < -0.4 is 0 Å². The Bertz CT molecular complexity index is 994. The summed E-state index contributed by atoms with van der Waals surface area (Å²) in [5, 5.41) is 0.929. The summed E-state index contributed by atoms with van der Waals surface area (Å²) >= 11 is 3.36. The van der Waals surface area contributed by atoms with Gasteiger partial charge in [-0.15, -0.1) is 0 Å². The highest BCUT2D eigenvalue weighted by atomic mass is 79.9. The van der Waals surface area contributed by atoms with Gasteiger partial charge in [-0.25, -0.2) is 9.78 Å². The highest BCUT2D eigenvalue weighted by Gasteiger charge is 2.22. The monoisotopic (exact) mass is 409 g/mol. The Labute approximate surface area is 159 Å². The lowest BCUT2D eigenvalue weighted by molar-refractivity contribution is -0.137. The second-order valence-corrected chi connectivity index (χ2v) is 6.46. The zero-order valence-corrected chi connectivity index (χ0v) is 15.7. The van der Waals surface area contributed by atoms with E-state index in [0.29, 0.717) is 5.52 Å². The van der Waals surface area contributed by atoms with Gasteiger partial charge in [-0.05, 0) is 42.8 Å².